The summed E-state index contributed by atoms with van der Waals surface area (Å²) in [6.45, 7) is -0.766. The molecule has 2 aromatic heterocycles. The van der Waals surface area contributed by atoms with Crippen molar-refractivity contribution in [2.45, 2.75) is 31.7 Å². The summed E-state index contributed by atoms with van der Waals surface area (Å²) in [6.07, 6.45) is -2.46. The molecule has 0 aliphatic rings. The average molecular weight is 591 g/mol. The van der Waals surface area contributed by atoms with Gasteiger partial charge in [-0.25, -0.2) is 13.2 Å². The van der Waals surface area contributed by atoms with E-state index in [1.165, 1.54) is 25.4 Å². The number of carbonyl (C=O) groups is 2. The molecule has 0 bridgehead atoms. The third-order valence-corrected chi connectivity index (χ3v) is 6.19. The minimum atomic E-state index is -4.75. The van der Waals surface area contributed by atoms with Gasteiger partial charge in [0, 0.05) is 36.1 Å². The summed E-state index contributed by atoms with van der Waals surface area (Å²) in [4.78, 5) is 29.2. The van der Waals surface area contributed by atoms with Gasteiger partial charge in [0.25, 0.3) is 5.91 Å². The van der Waals surface area contributed by atoms with Gasteiger partial charge in [-0.15, -0.1) is 0 Å². The molecule has 4 rings (SSSR count). The van der Waals surface area contributed by atoms with E-state index in [1.807, 2.05) is 0 Å². The number of pyridine rings is 1. The van der Waals surface area contributed by atoms with Crippen LogP contribution >= 0.6 is 0 Å². The lowest BCUT2D eigenvalue weighted by molar-refractivity contribution is -0.142. The minimum absolute atomic E-state index is 0.140. The molecule has 0 saturated carbocycles. The van der Waals surface area contributed by atoms with Crippen LogP contribution in [0.15, 0.2) is 60.9 Å². The SMILES string of the molecule is CNCc1cn(CC(=O)N[C@@H](Cc2cc(F)cc(F)c2)c2ncccc2-c2ccc(F)c(C(N)=O)c2)nc1C(F)(F)F. The van der Waals surface area contributed by atoms with Gasteiger partial charge in [0.2, 0.25) is 5.91 Å². The number of amides is 2. The maximum Gasteiger partial charge on any atom is 0.435 e. The standard InChI is InChI=1S/C28H24F6N6O2/c1-36-12-17-13-40(39-26(17)28(32,33)34)14-24(41)38-23(9-15-7-18(29)11-19(30)8-15)25-20(3-2-6-37-25)16-4-5-22(31)21(10-16)27(35)42/h2-8,10-11,13,23,36H,9,12,14H2,1H3,(H2,35,42)(H,38,41)/t23-/m0/s1. The molecule has 0 radical (unpaired) electrons. The Morgan fingerprint density at radius 2 is 1.76 bits per heavy atom. The molecule has 1 atom stereocenters. The molecule has 8 nitrogen and oxygen atoms in total. The van der Waals surface area contributed by atoms with E-state index >= 15 is 0 Å². The van der Waals surface area contributed by atoms with E-state index in [-0.39, 0.29) is 29.8 Å². The van der Waals surface area contributed by atoms with Crippen LogP contribution in [0.1, 0.15) is 38.9 Å². The fourth-order valence-electron chi connectivity index (χ4n) is 4.49. The van der Waals surface area contributed by atoms with Gasteiger partial charge >= 0.3 is 6.18 Å². The van der Waals surface area contributed by atoms with Crippen molar-refractivity contribution < 1.29 is 35.9 Å². The van der Waals surface area contributed by atoms with E-state index < -0.39 is 59.3 Å². The molecule has 42 heavy (non-hydrogen) atoms. The maximum absolute atomic E-state index is 14.2. The van der Waals surface area contributed by atoms with Gasteiger partial charge in [0.05, 0.1) is 17.3 Å². The lowest BCUT2D eigenvalue weighted by Crippen LogP contribution is -2.34. The highest BCUT2D eigenvalue weighted by Gasteiger charge is 2.37. The van der Waals surface area contributed by atoms with Crippen LogP contribution in [-0.2, 0) is 30.5 Å². The number of primary amides is 1. The summed E-state index contributed by atoms with van der Waals surface area (Å²) in [5, 5.41) is 8.80. The molecule has 0 spiro atoms. The van der Waals surface area contributed by atoms with Crippen molar-refractivity contribution in [2.75, 3.05) is 7.05 Å². The van der Waals surface area contributed by atoms with Gasteiger partial charge in [-0.05, 0) is 54.9 Å². The number of carbonyl (C=O) groups excluding carboxylic acids is 2. The van der Waals surface area contributed by atoms with Crippen LogP contribution in [0.2, 0.25) is 0 Å². The number of alkyl halides is 3. The Balaban J connectivity index is 1.72. The fraction of sp³-hybridized carbons (Fsp3) is 0.214. The van der Waals surface area contributed by atoms with E-state index in [1.54, 1.807) is 12.1 Å². The zero-order chi connectivity index (χ0) is 30.6. The molecule has 4 aromatic rings. The van der Waals surface area contributed by atoms with Crippen molar-refractivity contribution in [3.63, 3.8) is 0 Å². The van der Waals surface area contributed by atoms with Crippen molar-refractivity contribution in [1.82, 2.24) is 25.4 Å². The second-order valence-corrected chi connectivity index (χ2v) is 9.33. The second-order valence-electron chi connectivity index (χ2n) is 9.33. The highest BCUT2D eigenvalue weighted by atomic mass is 19.4. The molecule has 14 heteroatoms. The predicted octanol–water partition coefficient (Wildman–Crippen LogP) is 4.30. The first kappa shape index (κ1) is 30.2. The molecule has 2 amide bonds. The highest BCUT2D eigenvalue weighted by Crippen LogP contribution is 2.32. The van der Waals surface area contributed by atoms with E-state index in [0.29, 0.717) is 17.2 Å². The Kier molecular flexibility index (Phi) is 8.95. The summed E-state index contributed by atoms with van der Waals surface area (Å²) < 4.78 is 83.3. The van der Waals surface area contributed by atoms with E-state index in [2.05, 4.69) is 20.7 Å². The van der Waals surface area contributed by atoms with Gasteiger partial charge in [0.1, 0.15) is 24.0 Å². The van der Waals surface area contributed by atoms with Crippen molar-refractivity contribution in [3.05, 3.63) is 106 Å². The second kappa shape index (κ2) is 12.4. The Morgan fingerprint density at radius 1 is 1.05 bits per heavy atom. The number of nitrogens with one attached hydrogen (secondary N) is 2. The first-order chi connectivity index (χ1) is 19.8. The van der Waals surface area contributed by atoms with Crippen molar-refractivity contribution in [3.8, 4) is 11.1 Å². The van der Waals surface area contributed by atoms with Gasteiger partial charge < -0.3 is 16.4 Å². The molecule has 0 fully saturated rings. The number of hydrogen-bond acceptors (Lipinski definition) is 5. The Hall–Kier alpha value is -4.72. The molecule has 2 aromatic carbocycles. The van der Waals surface area contributed by atoms with Crippen LogP contribution in [-0.4, -0.2) is 33.6 Å². The van der Waals surface area contributed by atoms with E-state index in [9.17, 15) is 35.9 Å². The Morgan fingerprint density at radius 3 is 2.40 bits per heavy atom. The molecular weight excluding hydrogens is 566 g/mol. The number of aromatic nitrogens is 3. The third-order valence-electron chi connectivity index (χ3n) is 6.19. The molecule has 220 valence electrons. The van der Waals surface area contributed by atoms with Crippen molar-refractivity contribution in [2.24, 2.45) is 5.73 Å². The number of nitrogens with two attached hydrogens (primary N) is 1. The number of halogens is 6. The van der Waals surface area contributed by atoms with E-state index in [0.717, 1.165) is 29.1 Å². The lowest BCUT2D eigenvalue weighted by atomic mass is 9.94. The molecule has 2 heterocycles. The molecule has 4 N–H and O–H groups in total. The zero-order valence-corrected chi connectivity index (χ0v) is 22.0. The smallest absolute Gasteiger partial charge is 0.366 e. The van der Waals surface area contributed by atoms with Crippen LogP contribution in [0.3, 0.4) is 0 Å². The van der Waals surface area contributed by atoms with Gasteiger partial charge in [-0.1, -0.05) is 12.1 Å². The van der Waals surface area contributed by atoms with Gasteiger partial charge in [0.15, 0.2) is 5.69 Å². The van der Waals surface area contributed by atoms with Crippen LogP contribution in [0, 0.1) is 17.5 Å². The largest absolute Gasteiger partial charge is 0.435 e. The van der Waals surface area contributed by atoms with E-state index in [4.69, 9.17) is 5.73 Å². The molecule has 0 aliphatic carbocycles. The number of hydrogen-bond donors (Lipinski definition) is 3. The summed E-state index contributed by atoms with van der Waals surface area (Å²) in [7, 11) is 1.46. The van der Waals surface area contributed by atoms with Crippen molar-refractivity contribution >= 4 is 11.8 Å². The number of rotatable bonds is 10. The molecule has 0 saturated heterocycles. The monoisotopic (exact) mass is 590 g/mol. The average Bonchev–Trinajstić information content (AvgIpc) is 3.31. The number of nitrogens with zero attached hydrogens (tertiary/aromatic N) is 3. The molecular formula is C28H24F6N6O2. The fourth-order valence-corrected chi connectivity index (χ4v) is 4.49. The van der Waals surface area contributed by atoms with Gasteiger partial charge in [-0.2, -0.15) is 18.3 Å². The zero-order valence-electron chi connectivity index (χ0n) is 22.0. The number of benzene rings is 2. The summed E-state index contributed by atoms with van der Waals surface area (Å²) in [6, 6.07) is 8.40. The van der Waals surface area contributed by atoms with Crippen LogP contribution in [0.25, 0.3) is 11.1 Å². The summed E-state index contributed by atoms with van der Waals surface area (Å²) in [5.41, 5.74) is 4.51. The minimum Gasteiger partial charge on any atom is -0.366 e. The quantitative estimate of drug-likeness (QED) is 0.239. The third kappa shape index (κ3) is 7.13. The molecule has 0 aliphatic heterocycles. The lowest BCUT2D eigenvalue weighted by Gasteiger charge is -2.22. The molecule has 0 unspecified atom stereocenters. The summed E-state index contributed by atoms with van der Waals surface area (Å²) in [5.74, 6) is -4.39. The first-order valence-corrected chi connectivity index (χ1v) is 12.4. The Labute approximate surface area is 235 Å². The topological polar surface area (TPSA) is 115 Å². The summed E-state index contributed by atoms with van der Waals surface area (Å²) >= 11 is 0. The van der Waals surface area contributed by atoms with Crippen LogP contribution < -0.4 is 16.4 Å². The van der Waals surface area contributed by atoms with Crippen LogP contribution in [0.5, 0.6) is 0 Å². The predicted molar refractivity (Wildman–Crippen MR) is 139 cm³/mol. The van der Waals surface area contributed by atoms with Gasteiger partial charge in [-0.3, -0.25) is 19.3 Å². The Bertz CT molecular complexity index is 1600. The van der Waals surface area contributed by atoms with Crippen molar-refractivity contribution in [1.29, 1.82) is 0 Å². The normalized spacial score (nSPS) is 12.3. The first-order valence-electron chi connectivity index (χ1n) is 12.4. The van der Waals surface area contributed by atoms with Crippen LogP contribution in [0.4, 0.5) is 26.3 Å². The maximum atomic E-state index is 14.2. The highest BCUT2D eigenvalue weighted by molar-refractivity contribution is 5.94.